The Morgan fingerprint density at radius 1 is 1.16 bits per heavy atom. The first-order valence-corrected chi connectivity index (χ1v) is 11.5. The number of nitrogens with one attached hydrogen (secondary N) is 1. The molecule has 1 fully saturated rings. The molecule has 2 atom stereocenters. The number of nitrogens with zero attached hydrogens (tertiary/aromatic N) is 1. The van der Waals surface area contributed by atoms with Crippen LogP contribution >= 0.6 is 0 Å². The van der Waals surface area contributed by atoms with E-state index in [9.17, 15) is 14.0 Å². The molecule has 6 heteroatoms. The smallest absolute Gasteiger partial charge is 0.261 e. The zero-order chi connectivity index (χ0) is 22.8. The number of benzene rings is 2. The molecule has 0 spiro atoms. The lowest BCUT2D eigenvalue weighted by molar-refractivity contribution is -0.134. The van der Waals surface area contributed by atoms with Gasteiger partial charge in [0.2, 0.25) is 5.91 Å². The van der Waals surface area contributed by atoms with Crippen LogP contribution in [-0.2, 0) is 16.0 Å². The van der Waals surface area contributed by atoms with E-state index in [4.69, 9.17) is 4.74 Å². The first-order valence-electron chi connectivity index (χ1n) is 11.5. The fourth-order valence-corrected chi connectivity index (χ4v) is 4.34. The van der Waals surface area contributed by atoms with Crippen LogP contribution < -0.4 is 10.1 Å². The SMILES string of the molecule is CC[C@H](Oc1ccc2c(c1)[C@@H](c1ccc(F)cc1)N(C(=O)C1CC1)CC2)C(=O)NC(C)C. The second-order valence-corrected chi connectivity index (χ2v) is 9.05. The molecule has 1 N–H and O–H groups in total. The molecule has 2 aromatic rings. The molecule has 0 aromatic heterocycles. The first-order chi connectivity index (χ1) is 15.4. The number of ether oxygens (including phenoxy) is 1. The Morgan fingerprint density at radius 2 is 1.88 bits per heavy atom. The highest BCUT2D eigenvalue weighted by Gasteiger charge is 2.39. The van der Waals surface area contributed by atoms with E-state index in [0.717, 1.165) is 36.0 Å². The molecule has 1 heterocycles. The van der Waals surface area contributed by atoms with Crippen LogP contribution in [0.25, 0.3) is 0 Å². The molecule has 0 bridgehead atoms. The van der Waals surface area contributed by atoms with Gasteiger partial charge >= 0.3 is 0 Å². The zero-order valence-corrected chi connectivity index (χ0v) is 18.9. The molecule has 0 unspecified atom stereocenters. The summed E-state index contributed by atoms with van der Waals surface area (Å²) in [6.07, 6.45) is 2.59. The largest absolute Gasteiger partial charge is 0.481 e. The summed E-state index contributed by atoms with van der Waals surface area (Å²) in [7, 11) is 0. The molecule has 0 radical (unpaired) electrons. The van der Waals surface area contributed by atoms with Crippen molar-refractivity contribution in [1.29, 1.82) is 0 Å². The summed E-state index contributed by atoms with van der Waals surface area (Å²) in [5, 5.41) is 2.91. The molecule has 2 amide bonds. The van der Waals surface area contributed by atoms with Gasteiger partial charge in [0.15, 0.2) is 6.10 Å². The number of carbonyl (C=O) groups excluding carboxylic acids is 2. The van der Waals surface area contributed by atoms with Crippen LogP contribution in [0.4, 0.5) is 4.39 Å². The summed E-state index contributed by atoms with van der Waals surface area (Å²) < 4.78 is 19.7. The maximum atomic E-state index is 13.6. The lowest BCUT2D eigenvalue weighted by Gasteiger charge is -2.38. The third-order valence-electron chi connectivity index (χ3n) is 6.11. The summed E-state index contributed by atoms with van der Waals surface area (Å²) in [5.74, 6) is 0.425. The average Bonchev–Trinajstić information content (AvgIpc) is 3.61. The van der Waals surface area contributed by atoms with Gasteiger partial charge in [0.05, 0.1) is 6.04 Å². The van der Waals surface area contributed by atoms with Crippen molar-refractivity contribution in [2.45, 2.75) is 64.6 Å². The Kier molecular flexibility index (Phi) is 6.49. The van der Waals surface area contributed by atoms with Crippen molar-refractivity contribution in [3.8, 4) is 5.75 Å². The van der Waals surface area contributed by atoms with E-state index in [0.29, 0.717) is 18.7 Å². The van der Waals surface area contributed by atoms with Gasteiger partial charge in [0.25, 0.3) is 5.91 Å². The molecule has 5 nitrogen and oxygen atoms in total. The van der Waals surface area contributed by atoms with Crippen LogP contribution in [0.15, 0.2) is 42.5 Å². The van der Waals surface area contributed by atoms with Gasteiger partial charge in [-0.1, -0.05) is 25.1 Å². The lowest BCUT2D eigenvalue weighted by Crippen LogP contribution is -2.42. The number of amides is 2. The molecule has 1 saturated carbocycles. The minimum absolute atomic E-state index is 0.0357. The summed E-state index contributed by atoms with van der Waals surface area (Å²) >= 11 is 0. The van der Waals surface area contributed by atoms with Crippen LogP contribution in [0.2, 0.25) is 0 Å². The number of rotatable bonds is 7. The Hall–Kier alpha value is -2.89. The van der Waals surface area contributed by atoms with Crippen LogP contribution in [0.3, 0.4) is 0 Å². The Morgan fingerprint density at radius 3 is 2.50 bits per heavy atom. The van der Waals surface area contributed by atoms with Gasteiger partial charge in [-0.25, -0.2) is 4.39 Å². The molecule has 4 rings (SSSR count). The predicted octanol–water partition coefficient (Wildman–Crippen LogP) is 4.39. The van der Waals surface area contributed by atoms with Crippen LogP contribution in [0.1, 0.15) is 62.8 Å². The van der Waals surface area contributed by atoms with Crippen LogP contribution in [0.5, 0.6) is 5.75 Å². The second-order valence-electron chi connectivity index (χ2n) is 9.05. The van der Waals surface area contributed by atoms with E-state index in [1.807, 2.05) is 43.9 Å². The third kappa shape index (κ3) is 4.79. The van der Waals surface area contributed by atoms with Gasteiger partial charge in [-0.05, 0) is 80.5 Å². The Labute approximate surface area is 188 Å². The standard InChI is InChI=1S/C26H31FN2O3/c1-4-23(25(30)28-16(2)3)32-21-12-9-17-13-14-29(26(31)19-5-6-19)24(22(17)15-21)18-7-10-20(27)11-8-18/h7-12,15-16,19,23-24H,4-6,13-14H2,1-3H3,(H,28,30)/t23-,24+/m0/s1. The Balaban J connectivity index is 1.67. The average molecular weight is 439 g/mol. The normalized spacial score (nSPS) is 18.8. The van der Waals surface area contributed by atoms with Crippen molar-refractivity contribution in [3.63, 3.8) is 0 Å². The Bertz CT molecular complexity index is 985. The van der Waals surface area contributed by atoms with Crippen molar-refractivity contribution in [3.05, 3.63) is 65.0 Å². The van der Waals surface area contributed by atoms with E-state index >= 15 is 0 Å². The first kappa shape index (κ1) is 22.3. The van der Waals surface area contributed by atoms with Crippen molar-refractivity contribution < 1.29 is 18.7 Å². The summed E-state index contributed by atoms with van der Waals surface area (Å²) in [5.41, 5.74) is 3.00. The molecule has 2 aromatic carbocycles. The van der Waals surface area contributed by atoms with Crippen molar-refractivity contribution in [2.75, 3.05) is 6.54 Å². The molecule has 1 aliphatic carbocycles. The van der Waals surface area contributed by atoms with Gasteiger partial charge in [-0.3, -0.25) is 9.59 Å². The molecule has 170 valence electrons. The quantitative estimate of drug-likeness (QED) is 0.698. The summed E-state index contributed by atoms with van der Waals surface area (Å²) in [4.78, 5) is 27.5. The monoisotopic (exact) mass is 438 g/mol. The fraction of sp³-hybridized carbons (Fsp3) is 0.462. The predicted molar refractivity (Wildman–Crippen MR) is 121 cm³/mol. The van der Waals surface area contributed by atoms with E-state index in [1.54, 1.807) is 12.1 Å². The molecule has 32 heavy (non-hydrogen) atoms. The van der Waals surface area contributed by atoms with Crippen LogP contribution in [-0.4, -0.2) is 35.4 Å². The zero-order valence-electron chi connectivity index (χ0n) is 18.9. The topological polar surface area (TPSA) is 58.6 Å². The molecular formula is C26H31FN2O3. The third-order valence-corrected chi connectivity index (χ3v) is 6.11. The minimum atomic E-state index is -0.590. The van der Waals surface area contributed by atoms with Gasteiger partial charge in [-0.15, -0.1) is 0 Å². The molecule has 0 saturated heterocycles. The van der Waals surface area contributed by atoms with E-state index < -0.39 is 6.10 Å². The number of hydrogen-bond donors (Lipinski definition) is 1. The van der Waals surface area contributed by atoms with Gasteiger partial charge < -0.3 is 15.0 Å². The molecule has 1 aliphatic heterocycles. The summed E-state index contributed by atoms with van der Waals surface area (Å²) in [6, 6.07) is 12.0. The number of fused-ring (bicyclic) bond motifs is 1. The van der Waals surface area contributed by atoms with Gasteiger partial charge in [0.1, 0.15) is 11.6 Å². The highest BCUT2D eigenvalue weighted by molar-refractivity contribution is 5.82. The maximum Gasteiger partial charge on any atom is 0.261 e. The fourth-order valence-electron chi connectivity index (χ4n) is 4.34. The lowest BCUT2D eigenvalue weighted by atomic mass is 9.87. The highest BCUT2D eigenvalue weighted by Crippen LogP contribution is 2.41. The minimum Gasteiger partial charge on any atom is -0.481 e. The van der Waals surface area contributed by atoms with Crippen molar-refractivity contribution in [1.82, 2.24) is 10.2 Å². The number of carbonyl (C=O) groups is 2. The molecular weight excluding hydrogens is 407 g/mol. The van der Waals surface area contributed by atoms with Gasteiger partial charge in [0, 0.05) is 18.5 Å². The highest BCUT2D eigenvalue weighted by atomic mass is 19.1. The second kappa shape index (κ2) is 9.31. The molecule has 2 aliphatic rings. The number of halogens is 1. The van der Waals surface area contributed by atoms with E-state index in [-0.39, 0.29) is 35.6 Å². The van der Waals surface area contributed by atoms with E-state index in [1.165, 1.54) is 12.1 Å². The van der Waals surface area contributed by atoms with E-state index in [2.05, 4.69) is 5.32 Å². The maximum absolute atomic E-state index is 13.6. The van der Waals surface area contributed by atoms with Crippen LogP contribution in [0, 0.1) is 11.7 Å². The number of hydrogen-bond acceptors (Lipinski definition) is 3. The van der Waals surface area contributed by atoms with Gasteiger partial charge in [-0.2, -0.15) is 0 Å². The summed E-state index contributed by atoms with van der Waals surface area (Å²) in [6.45, 7) is 6.39. The van der Waals surface area contributed by atoms with Crippen molar-refractivity contribution >= 4 is 11.8 Å². The van der Waals surface area contributed by atoms with Crippen molar-refractivity contribution in [2.24, 2.45) is 5.92 Å².